The number of methoxy groups -OCH3 is 1. The SMILES string of the molecule is COC[C@H]1CN(Cc2ccc3ccccc3n2)Cc2ccnn21. The molecule has 3 aromatic rings. The molecule has 4 rings (SSSR count). The Kier molecular flexibility index (Phi) is 3.81. The lowest BCUT2D eigenvalue weighted by atomic mass is 10.1. The minimum absolute atomic E-state index is 0.263. The lowest BCUT2D eigenvalue weighted by Crippen LogP contribution is -2.39. The van der Waals surface area contributed by atoms with E-state index in [0.717, 1.165) is 30.8 Å². The minimum Gasteiger partial charge on any atom is -0.382 e. The van der Waals surface area contributed by atoms with Crippen LogP contribution in [0.2, 0.25) is 0 Å². The summed E-state index contributed by atoms with van der Waals surface area (Å²) in [5, 5.41) is 5.62. The van der Waals surface area contributed by atoms with Crippen LogP contribution in [0.15, 0.2) is 48.7 Å². The van der Waals surface area contributed by atoms with E-state index >= 15 is 0 Å². The van der Waals surface area contributed by atoms with Gasteiger partial charge in [0.15, 0.2) is 0 Å². The molecule has 1 atom stereocenters. The van der Waals surface area contributed by atoms with Crippen LogP contribution in [0.25, 0.3) is 10.9 Å². The van der Waals surface area contributed by atoms with E-state index in [-0.39, 0.29) is 6.04 Å². The predicted octanol–water partition coefficient (Wildman–Crippen LogP) is 2.63. The highest BCUT2D eigenvalue weighted by atomic mass is 16.5. The van der Waals surface area contributed by atoms with Crippen LogP contribution in [0, 0.1) is 0 Å². The van der Waals surface area contributed by atoms with E-state index in [2.05, 4.69) is 45.0 Å². The highest BCUT2D eigenvalue weighted by molar-refractivity contribution is 5.78. The zero-order chi connectivity index (χ0) is 15.6. The summed E-state index contributed by atoms with van der Waals surface area (Å²) in [6, 6.07) is 14.9. The number of benzene rings is 1. The lowest BCUT2D eigenvalue weighted by Gasteiger charge is -2.33. The summed E-state index contributed by atoms with van der Waals surface area (Å²) in [6.07, 6.45) is 1.87. The summed E-state index contributed by atoms with van der Waals surface area (Å²) in [7, 11) is 1.74. The van der Waals surface area contributed by atoms with E-state index < -0.39 is 0 Å². The molecule has 0 radical (unpaired) electrons. The Hall–Kier alpha value is -2.24. The number of hydrogen-bond acceptors (Lipinski definition) is 4. The summed E-state index contributed by atoms with van der Waals surface area (Å²) in [5.41, 5.74) is 3.40. The largest absolute Gasteiger partial charge is 0.382 e. The van der Waals surface area contributed by atoms with E-state index in [1.807, 2.05) is 18.3 Å². The van der Waals surface area contributed by atoms with Gasteiger partial charge in [-0.15, -0.1) is 0 Å². The molecular weight excluding hydrogens is 288 g/mol. The second kappa shape index (κ2) is 6.10. The topological polar surface area (TPSA) is 43.2 Å². The van der Waals surface area contributed by atoms with Gasteiger partial charge in [0.1, 0.15) is 0 Å². The molecule has 0 saturated carbocycles. The lowest BCUT2D eigenvalue weighted by molar-refractivity contribution is 0.0902. The number of aromatic nitrogens is 3. The third-order valence-electron chi connectivity index (χ3n) is 4.35. The first-order valence-corrected chi connectivity index (χ1v) is 7.92. The molecule has 5 nitrogen and oxygen atoms in total. The van der Waals surface area contributed by atoms with Crippen molar-refractivity contribution in [1.29, 1.82) is 0 Å². The highest BCUT2D eigenvalue weighted by Crippen LogP contribution is 2.22. The van der Waals surface area contributed by atoms with Crippen LogP contribution in [-0.4, -0.2) is 39.9 Å². The van der Waals surface area contributed by atoms with Crippen molar-refractivity contribution in [1.82, 2.24) is 19.7 Å². The maximum atomic E-state index is 5.36. The zero-order valence-corrected chi connectivity index (χ0v) is 13.2. The van der Waals surface area contributed by atoms with Crippen LogP contribution in [0.5, 0.6) is 0 Å². The molecule has 0 unspecified atom stereocenters. The maximum Gasteiger partial charge on any atom is 0.0883 e. The van der Waals surface area contributed by atoms with Gasteiger partial charge in [-0.05, 0) is 18.2 Å². The Balaban J connectivity index is 1.56. The molecule has 0 aliphatic carbocycles. The first-order valence-electron chi connectivity index (χ1n) is 7.92. The van der Waals surface area contributed by atoms with Gasteiger partial charge in [-0.3, -0.25) is 14.6 Å². The molecule has 118 valence electrons. The molecule has 0 N–H and O–H groups in total. The Bertz CT molecular complexity index is 813. The normalized spacial score (nSPS) is 18.2. The molecule has 3 heterocycles. The van der Waals surface area contributed by atoms with Gasteiger partial charge < -0.3 is 4.74 Å². The predicted molar refractivity (Wildman–Crippen MR) is 89.0 cm³/mol. The Morgan fingerprint density at radius 3 is 3.00 bits per heavy atom. The number of para-hydroxylation sites is 1. The summed E-state index contributed by atoms with van der Waals surface area (Å²) in [4.78, 5) is 7.20. The van der Waals surface area contributed by atoms with Crippen LogP contribution in [0.3, 0.4) is 0 Å². The smallest absolute Gasteiger partial charge is 0.0883 e. The molecule has 5 heteroatoms. The molecule has 1 aliphatic heterocycles. The number of nitrogens with zero attached hydrogens (tertiary/aromatic N) is 4. The van der Waals surface area contributed by atoms with Crippen LogP contribution in [-0.2, 0) is 17.8 Å². The van der Waals surface area contributed by atoms with Gasteiger partial charge in [0, 0.05) is 38.3 Å². The minimum atomic E-state index is 0.263. The molecule has 23 heavy (non-hydrogen) atoms. The molecule has 0 amide bonds. The summed E-state index contributed by atoms with van der Waals surface area (Å²) < 4.78 is 7.45. The van der Waals surface area contributed by atoms with Crippen molar-refractivity contribution in [2.45, 2.75) is 19.1 Å². The molecule has 0 fully saturated rings. The third-order valence-corrected chi connectivity index (χ3v) is 4.35. The Morgan fingerprint density at radius 2 is 2.09 bits per heavy atom. The Morgan fingerprint density at radius 1 is 1.17 bits per heavy atom. The average Bonchev–Trinajstić information content (AvgIpc) is 3.04. The third kappa shape index (κ3) is 2.85. The van der Waals surface area contributed by atoms with Crippen LogP contribution >= 0.6 is 0 Å². The summed E-state index contributed by atoms with van der Waals surface area (Å²) in [6.45, 7) is 3.35. The number of hydrogen-bond donors (Lipinski definition) is 0. The van der Waals surface area contributed by atoms with E-state index in [4.69, 9.17) is 9.72 Å². The quantitative estimate of drug-likeness (QED) is 0.743. The van der Waals surface area contributed by atoms with Gasteiger partial charge in [0.25, 0.3) is 0 Å². The number of fused-ring (bicyclic) bond motifs is 2. The van der Waals surface area contributed by atoms with Gasteiger partial charge in [-0.2, -0.15) is 5.10 Å². The number of ether oxygens (including phenoxy) is 1. The van der Waals surface area contributed by atoms with Crippen molar-refractivity contribution >= 4 is 10.9 Å². The van der Waals surface area contributed by atoms with Crippen molar-refractivity contribution in [3.8, 4) is 0 Å². The number of pyridine rings is 1. The van der Waals surface area contributed by atoms with Gasteiger partial charge >= 0.3 is 0 Å². The van der Waals surface area contributed by atoms with E-state index in [9.17, 15) is 0 Å². The van der Waals surface area contributed by atoms with Crippen molar-refractivity contribution in [3.05, 3.63) is 60.0 Å². The second-order valence-corrected chi connectivity index (χ2v) is 6.04. The number of rotatable bonds is 4. The standard InChI is InChI=1S/C18H20N4O/c1-23-13-17-12-21(11-16-8-9-19-22(16)17)10-15-7-6-14-4-2-3-5-18(14)20-15/h2-9,17H,10-13H2,1H3/t17-/m1/s1. The van der Waals surface area contributed by atoms with E-state index in [1.165, 1.54) is 11.1 Å². The average molecular weight is 308 g/mol. The van der Waals surface area contributed by atoms with Crippen molar-refractivity contribution in [2.24, 2.45) is 0 Å². The molecule has 0 spiro atoms. The fourth-order valence-corrected chi connectivity index (χ4v) is 3.33. The highest BCUT2D eigenvalue weighted by Gasteiger charge is 2.25. The van der Waals surface area contributed by atoms with Gasteiger partial charge in [0.2, 0.25) is 0 Å². The van der Waals surface area contributed by atoms with Crippen molar-refractivity contribution in [3.63, 3.8) is 0 Å². The molecular formula is C18H20N4O. The van der Waals surface area contributed by atoms with Gasteiger partial charge in [-0.1, -0.05) is 24.3 Å². The molecule has 0 saturated heterocycles. The van der Waals surface area contributed by atoms with E-state index in [0.29, 0.717) is 6.61 Å². The van der Waals surface area contributed by atoms with E-state index in [1.54, 1.807) is 7.11 Å². The van der Waals surface area contributed by atoms with Crippen LogP contribution < -0.4 is 0 Å². The maximum absolute atomic E-state index is 5.36. The Labute approximate surface area is 135 Å². The second-order valence-electron chi connectivity index (χ2n) is 6.04. The molecule has 0 bridgehead atoms. The first-order chi connectivity index (χ1) is 11.3. The van der Waals surface area contributed by atoms with Crippen molar-refractivity contribution < 1.29 is 4.74 Å². The van der Waals surface area contributed by atoms with Gasteiger partial charge in [0.05, 0.1) is 29.6 Å². The molecule has 1 aliphatic rings. The fourth-order valence-electron chi connectivity index (χ4n) is 3.33. The van der Waals surface area contributed by atoms with Gasteiger partial charge in [-0.25, -0.2) is 0 Å². The van der Waals surface area contributed by atoms with Crippen molar-refractivity contribution in [2.75, 3.05) is 20.3 Å². The fraction of sp³-hybridized carbons (Fsp3) is 0.333. The summed E-state index contributed by atoms with van der Waals surface area (Å²) in [5.74, 6) is 0. The molecule has 2 aromatic heterocycles. The zero-order valence-electron chi connectivity index (χ0n) is 13.2. The molecule has 1 aromatic carbocycles. The summed E-state index contributed by atoms with van der Waals surface area (Å²) >= 11 is 0. The van der Waals surface area contributed by atoms with Crippen LogP contribution in [0.4, 0.5) is 0 Å². The van der Waals surface area contributed by atoms with Crippen LogP contribution in [0.1, 0.15) is 17.4 Å². The monoisotopic (exact) mass is 308 g/mol. The first kappa shape index (κ1) is 14.4.